The monoisotopic (exact) mass is 297 g/mol. The zero-order chi connectivity index (χ0) is 11.5. The van der Waals surface area contributed by atoms with E-state index in [0.717, 1.165) is 15.1 Å². The average Bonchev–Trinajstić information content (AvgIpc) is 2.70. The van der Waals surface area contributed by atoms with Gasteiger partial charge in [0.25, 0.3) is 0 Å². The fourth-order valence-corrected chi connectivity index (χ4v) is 3.05. The van der Waals surface area contributed by atoms with E-state index in [-0.39, 0.29) is 0 Å². The molecule has 2 N–H and O–H groups in total. The lowest BCUT2D eigenvalue weighted by Gasteiger charge is -2.04. The van der Waals surface area contributed by atoms with Crippen LogP contribution in [-0.4, -0.2) is 7.11 Å². The molecule has 2 rings (SSSR count). The molecule has 0 radical (unpaired) electrons. The summed E-state index contributed by atoms with van der Waals surface area (Å²) in [6, 6.07) is 8.02. The topological polar surface area (TPSA) is 35.2 Å². The molecule has 2 nitrogen and oxygen atoms in total. The summed E-state index contributed by atoms with van der Waals surface area (Å²) in [7, 11) is 1.67. The van der Waals surface area contributed by atoms with Gasteiger partial charge in [0.15, 0.2) is 0 Å². The van der Waals surface area contributed by atoms with Crippen LogP contribution >= 0.6 is 27.3 Å². The lowest BCUT2D eigenvalue weighted by atomic mass is 10.0. The van der Waals surface area contributed by atoms with Gasteiger partial charge in [0.1, 0.15) is 5.75 Å². The summed E-state index contributed by atoms with van der Waals surface area (Å²) in [6.45, 7) is 0.547. The normalized spacial score (nSPS) is 10.4. The quantitative estimate of drug-likeness (QED) is 0.939. The van der Waals surface area contributed by atoms with Gasteiger partial charge in [0.2, 0.25) is 0 Å². The Morgan fingerprint density at radius 3 is 2.56 bits per heavy atom. The molecule has 0 aliphatic carbocycles. The number of thiophene rings is 1. The van der Waals surface area contributed by atoms with Crippen LogP contribution in [0.1, 0.15) is 5.56 Å². The highest BCUT2D eigenvalue weighted by Crippen LogP contribution is 2.35. The third-order valence-corrected chi connectivity index (χ3v) is 4.29. The van der Waals surface area contributed by atoms with Crippen molar-refractivity contribution in [3.8, 4) is 16.9 Å². The van der Waals surface area contributed by atoms with Crippen LogP contribution in [0.2, 0.25) is 0 Å². The maximum Gasteiger partial charge on any atom is 0.118 e. The van der Waals surface area contributed by atoms with Crippen molar-refractivity contribution in [2.75, 3.05) is 7.11 Å². The van der Waals surface area contributed by atoms with Crippen molar-refractivity contribution in [3.63, 3.8) is 0 Å². The predicted octanol–water partition coefficient (Wildman–Crippen LogP) is 3.64. The van der Waals surface area contributed by atoms with Crippen molar-refractivity contribution < 1.29 is 4.74 Å². The number of hydrogen-bond acceptors (Lipinski definition) is 3. The van der Waals surface area contributed by atoms with Gasteiger partial charge < -0.3 is 10.5 Å². The largest absolute Gasteiger partial charge is 0.497 e. The number of ether oxygens (including phenoxy) is 1. The molecule has 0 saturated heterocycles. The summed E-state index contributed by atoms with van der Waals surface area (Å²) < 4.78 is 6.25. The van der Waals surface area contributed by atoms with E-state index in [9.17, 15) is 0 Å². The van der Waals surface area contributed by atoms with Crippen LogP contribution in [-0.2, 0) is 6.54 Å². The molecule has 1 aromatic heterocycles. The Balaban J connectivity index is 2.42. The fourth-order valence-electron chi connectivity index (χ4n) is 1.56. The smallest absolute Gasteiger partial charge is 0.118 e. The van der Waals surface area contributed by atoms with Crippen molar-refractivity contribution in [3.05, 3.63) is 39.0 Å². The van der Waals surface area contributed by atoms with Gasteiger partial charge in [-0.05, 0) is 44.8 Å². The first-order valence-electron chi connectivity index (χ1n) is 4.86. The number of halogens is 1. The maximum absolute atomic E-state index is 5.74. The molecule has 0 fully saturated rings. The molecule has 0 bridgehead atoms. The minimum atomic E-state index is 0.547. The molecule has 0 atom stereocenters. The van der Waals surface area contributed by atoms with Crippen LogP contribution < -0.4 is 10.5 Å². The summed E-state index contributed by atoms with van der Waals surface area (Å²) in [5.41, 5.74) is 9.27. The standard InChI is InChI=1S/C12H12BrNOS/c1-15-9-4-2-8(3-5-9)11-7-16-12(13)10(11)6-14/h2-5,7H,6,14H2,1H3. The molecule has 1 aromatic carbocycles. The first-order chi connectivity index (χ1) is 7.76. The Bertz CT molecular complexity index is 478. The Hall–Kier alpha value is -0.840. The van der Waals surface area contributed by atoms with E-state index in [2.05, 4.69) is 21.3 Å². The molecule has 84 valence electrons. The number of rotatable bonds is 3. The van der Waals surface area contributed by atoms with Gasteiger partial charge in [-0.25, -0.2) is 0 Å². The van der Waals surface area contributed by atoms with Crippen molar-refractivity contribution in [1.82, 2.24) is 0 Å². The molecular formula is C12H12BrNOS. The molecule has 16 heavy (non-hydrogen) atoms. The Morgan fingerprint density at radius 1 is 1.31 bits per heavy atom. The molecule has 0 aliphatic rings. The van der Waals surface area contributed by atoms with Gasteiger partial charge >= 0.3 is 0 Å². The van der Waals surface area contributed by atoms with E-state index in [0.29, 0.717) is 6.54 Å². The second-order valence-electron chi connectivity index (χ2n) is 3.33. The SMILES string of the molecule is COc1ccc(-c2csc(Br)c2CN)cc1. The van der Waals surface area contributed by atoms with Crippen molar-refractivity contribution in [2.45, 2.75) is 6.54 Å². The van der Waals surface area contributed by atoms with E-state index in [1.165, 1.54) is 11.1 Å². The molecule has 1 heterocycles. The molecule has 0 amide bonds. The van der Waals surface area contributed by atoms with E-state index in [1.54, 1.807) is 18.4 Å². The first-order valence-corrected chi connectivity index (χ1v) is 6.54. The third-order valence-electron chi connectivity index (χ3n) is 2.45. The zero-order valence-corrected chi connectivity index (χ0v) is 11.3. The van der Waals surface area contributed by atoms with Crippen molar-refractivity contribution in [1.29, 1.82) is 0 Å². The highest BCUT2D eigenvalue weighted by atomic mass is 79.9. The molecular weight excluding hydrogens is 286 g/mol. The van der Waals surface area contributed by atoms with E-state index in [4.69, 9.17) is 10.5 Å². The maximum atomic E-state index is 5.74. The second-order valence-corrected chi connectivity index (χ2v) is 5.53. The van der Waals surface area contributed by atoms with E-state index in [1.807, 2.05) is 24.3 Å². The molecule has 4 heteroatoms. The highest BCUT2D eigenvalue weighted by Gasteiger charge is 2.09. The summed E-state index contributed by atoms with van der Waals surface area (Å²) in [5.74, 6) is 0.868. The van der Waals surface area contributed by atoms with E-state index < -0.39 is 0 Å². The van der Waals surface area contributed by atoms with Crippen LogP contribution in [0.5, 0.6) is 5.75 Å². The summed E-state index contributed by atoms with van der Waals surface area (Å²) in [4.78, 5) is 0. The average molecular weight is 298 g/mol. The minimum absolute atomic E-state index is 0.547. The highest BCUT2D eigenvalue weighted by molar-refractivity contribution is 9.11. The van der Waals surface area contributed by atoms with Crippen LogP contribution in [0.25, 0.3) is 11.1 Å². The van der Waals surface area contributed by atoms with Crippen molar-refractivity contribution >= 4 is 27.3 Å². The Kier molecular flexibility index (Phi) is 3.63. The molecule has 0 spiro atoms. The predicted molar refractivity (Wildman–Crippen MR) is 71.9 cm³/mol. The van der Waals surface area contributed by atoms with Gasteiger partial charge in [-0.3, -0.25) is 0 Å². The van der Waals surface area contributed by atoms with Gasteiger partial charge in [-0.15, -0.1) is 11.3 Å². The van der Waals surface area contributed by atoms with E-state index >= 15 is 0 Å². The zero-order valence-electron chi connectivity index (χ0n) is 8.87. The fraction of sp³-hybridized carbons (Fsp3) is 0.167. The van der Waals surface area contributed by atoms with Crippen LogP contribution in [0.3, 0.4) is 0 Å². The van der Waals surface area contributed by atoms with Gasteiger partial charge in [0, 0.05) is 11.9 Å². The van der Waals surface area contributed by atoms with Crippen LogP contribution in [0.4, 0.5) is 0 Å². The number of nitrogens with two attached hydrogens (primary N) is 1. The Labute approximate surface area is 107 Å². The van der Waals surface area contributed by atoms with Gasteiger partial charge in [-0.2, -0.15) is 0 Å². The lowest BCUT2D eigenvalue weighted by Crippen LogP contribution is -1.96. The molecule has 0 saturated carbocycles. The number of benzene rings is 1. The summed E-state index contributed by atoms with van der Waals surface area (Å²) >= 11 is 5.18. The van der Waals surface area contributed by atoms with Crippen LogP contribution in [0, 0.1) is 0 Å². The molecule has 0 unspecified atom stereocenters. The van der Waals surface area contributed by atoms with Crippen LogP contribution in [0.15, 0.2) is 33.4 Å². The minimum Gasteiger partial charge on any atom is -0.497 e. The molecule has 2 aromatic rings. The first kappa shape index (κ1) is 11.6. The molecule has 0 aliphatic heterocycles. The second kappa shape index (κ2) is 4.99. The lowest BCUT2D eigenvalue weighted by molar-refractivity contribution is 0.415. The van der Waals surface area contributed by atoms with Gasteiger partial charge in [-0.1, -0.05) is 12.1 Å². The van der Waals surface area contributed by atoms with Gasteiger partial charge in [0.05, 0.1) is 10.9 Å². The summed E-state index contributed by atoms with van der Waals surface area (Å²) in [5, 5.41) is 2.12. The van der Waals surface area contributed by atoms with Crippen molar-refractivity contribution in [2.24, 2.45) is 5.73 Å². The third kappa shape index (κ3) is 2.14. The number of hydrogen-bond donors (Lipinski definition) is 1. The number of methoxy groups -OCH3 is 1. The Morgan fingerprint density at radius 2 is 2.00 bits per heavy atom. The summed E-state index contributed by atoms with van der Waals surface area (Å²) in [6.07, 6.45) is 0.